The molecule has 1 nitrogen and oxygen atoms in total. The zero-order valence-electron chi connectivity index (χ0n) is 12.6. The number of hydrogen-bond acceptors (Lipinski definition) is 2. The molecule has 0 aliphatic rings. The highest BCUT2D eigenvalue weighted by Crippen LogP contribution is 2.24. The largest absolute Gasteiger partial charge is 0.316 e. The van der Waals surface area contributed by atoms with Crippen LogP contribution in [0.2, 0.25) is 0 Å². The summed E-state index contributed by atoms with van der Waals surface area (Å²) < 4.78 is 0.345. The maximum Gasteiger partial charge on any atom is 0.0195 e. The summed E-state index contributed by atoms with van der Waals surface area (Å²) in [5.41, 5.74) is 4.17. The van der Waals surface area contributed by atoms with Gasteiger partial charge in [-0.05, 0) is 32.9 Å². The second-order valence-corrected chi connectivity index (χ2v) is 7.96. The first-order valence-electron chi connectivity index (χ1n) is 6.68. The maximum atomic E-state index is 3.44. The summed E-state index contributed by atoms with van der Waals surface area (Å²) in [7, 11) is 2.07. The van der Waals surface area contributed by atoms with Crippen LogP contribution in [0.5, 0.6) is 0 Å². The van der Waals surface area contributed by atoms with Crippen LogP contribution in [0.15, 0.2) is 18.2 Å². The van der Waals surface area contributed by atoms with E-state index in [1.165, 1.54) is 16.7 Å². The zero-order chi connectivity index (χ0) is 13.8. The van der Waals surface area contributed by atoms with E-state index in [2.05, 4.69) is 65.2 Å². The summed E-state index contributed by atoms with van der Waals surface area (Å²) in [6.07, 6.45) is 1.11. The van der Waals surface area contributed by atoms with Gasteiger partial charge in [-0.1, -0.05) is 50.1 Å². The number of thioether (sulfide) groups is 1. The van der Waals surface area contributed by atoms with E-state index in [4.69, 9.17) is 0 Å². The van der Waals surface area contributed by atoms with Gasteiger partial charge in [0.2, 0.25) is 0 Å². The van der Waals surface area contributed by atoms with Crippen LogP contribution in [0.4, 0.5) is 0 Å². The predicted octanol–water partition coefficient (Wildman–Crippen LogP) is 3.97. The zero-order valence-corrected chi connectivity index (χ0v) is 13.4. The fraction of sp³-hybridized carbons (Fsp3) is 0.625. The van der Waals surface area contributed by atoms with E-state index in [1.807, 2.05) is 11.8 Å². The van der Waals surface area contributed by atoms with E-state index in [9.17, 15) is 0 Å². The summed E-state index contributed by atoms with van der Waals surface area (Å²) in [6.45, 7) is 11.2. The molecule has 0 bridgehead atoms. The van der Waals surface area contributed by atoms with Crippen molar-refractivity contribution < 1.29 is 0 Å². The fourth-order valence-electron chi connectivity index (χ4n) is 2.07. The Kier molecular flexibility index (Phi) is 5.74. The molecule has 1 unspecified atom stereocenters. The molecule has 18 heavy (non-hydrogen) atoms. The third kappa shape index (κ3) is 5.92. The minimum absolute atomic E-state index is 0.345. The van der Waals surface area contributed by atoms with Crippen LogP contribution in [0.3, 0.4) is 0 Å². The van der Waals surface area contributed by atoms with Crippen molar-refractivity contribution in [1.29, 1.82) is 0 Å². The normalized spacial score (nSPS) is 13.7. The average Bonchev–Trinajstić information content (AvgIpc) is 2.21. The first-order valence-corrected chi connectivity index (χ1v) is 7.67. The van der Waals surface area contributed by atoms with Crippen LogP contribution in [0.25, 0.3) is 0 Å². The molecule has 0 spiro atoms. The molecule has 1 N–H and O–H groups in total. The van der Waals surface area contributed by atoms with Gasteiger partial charge in [-0.25, -0.2) is 0 Å². The lowest BCUT2D eigenvalue weighted by atomic mass is 10.0. The maximum absolute atomic E-state index is 3.44. The molecule has 1 aromatic carbocycles. The van der Waals surface area contributed by atoms with Crippen molar-refractivity contribution in [3.8, 4) is 0 Å². The van der Waals surface area contributed by atoms with Crippen molar-refractivity contribution in [3.63, 3.8) is 0 Å². The molecule has 0 saturated carbocycles. The van der Waals surface area contributed by atoms with Crippen molar-refractivity contribution >= 4 is 11.8 Å². The molecule has 102 valence electrons. The molecule has 2 heteroatoms. The standard InChI is InChI=1S/C16H27NS/c1-12-7-13(2)9-14(8-12)10-15(17-6)11-18-16(3,4)5/h7-9,15,17H,10-11H2,1-6H3. The van der Waals surface area contributed by atoms with E-state index in [0.29, 0.717) is 10.8 Å². The average molecular weight is 265 g/mol. The highest BCUT2D eigenvalue weighted by molar-refractivity contribution is 8.00. The Balaban J connectivity index is 2.62. The van der Waals surface area contributed by atoms with Gasteiger partial charge < -0.3 is 5.32 Å². The quantitative estimate of drug-likeness (QED) is 0.864. The lowest BCUT2D eigenvalue weighted by Crippen LogP contribution is -2.31. The number of likely N-dealkylation sites (N-methyl/N-ethyl adjacent to an activating group) is 1. The lowest BCUT2D eigenvalue weighted by molar-refractivity contribution is 0.613. The molecule has 0 aliphatic carbocycles. The first kappa shape index (κ1) is 15.6. The molecule has 1 rings (SSSR count). The molecular weight excluding hydrogens is 238 g/mol. The second kappa shape index (κ2) is 6.63. The molecule has 0 saturated heterocycles. The highest BCUT2D eigenvalue weighted by atomic mass is 32.2. The number of nitrogens with one attached hydrogen (secondary N) is 1. The minimum atomic E-state index is 0.345. The van der Waals surface area contributed by atoms with Crippen LogP contribution < -0.4 is 5.32 Å². The van der Waals surface area contributed by atoms with Gasteiger partial charge in [0.15, 0.2) is 0 Å². The van der Waals surface area contributed by atoms with Gasteiger partial charge in [0, 0.05) is 16.5 Å². The SMILES string of the molecule is CNC(CSC(C)(C)C)Cc1cc(C)cc(C)c1. The Labute approximate surface area is 117 Å². The Morgan fingerprint density at radius 3 is 2.11 bits per heavy atom. The van der Waals surface area contributed by atoms with Gasteiger partial charge in [0.1, 0.15) is 0 Å². The summed E-state index contributed by atoms with van der Waals surface area (Å²) in [4.78, 5) is 0. The van der Waals surface area contributed by atoms with E-state index >= 15 is 0 Å². The van der Waals surface area contributed by atoms with Crippen molar-refractivity contribution in [2.24, 2.45) is 0 Å². The molecule has 0 aliphatic heterocycles. The fourth-order valence-corrected chi connectivity index (χ4v) is 3.05. The topological polar surface area (TPSA) is 12.0 Å². The Morgan fingerprint density at radius 1 is 1.11 bits per heavy atom. The Morgan fingerprint density at radius 2 is 1.67 bits per heavy atom. The molecule has 1 atom stereocenters. The molecule has 0 fully saturated rings. The Hall–Kier alpha value is -0.470. The van der Waals surface area contributed by atoms with Gasteiger partial charge >= 0.3 is 0 Å². The molecule has 1 aromatic rings. The van der Waals surface area contributed by atoms with Crippen LogP contribution in [0.1, 0.15) is 37.5 Å². The van der Waals surface area contributed by atoms with E-state index in [-0.39, 0.29) is 0 Å². The van der Waals surface area contributed by atoms with E-state index in [1.54, 1.807) is 0 Å². The molecule has 0 amide bonds. The van der Waals surface area contributed by atoms with Gasteiger partial charge in [-0.2, -0.15) is 11.8 Å². The number of aryl methyl sites for hydroxylation is 2. The third-order valence-electron chi connectivity index (χ3n) is 2.89. The van der Waals surface area contributed by atoms with Crippen LogP contribution >= 0.6 is 11.8 Å². The molecule has 0 aromatic heterocycles. The number of hydrogen-bond donors (Lipinski definition) is 1. The second-order valence-electron chi connectivity index (χ2n) is 6.11. The van der Waals surface area contributed by atoms with Gasteiger partial charge in [0.05, 0.1) is 0 Å². The van der Waals surface area contributed by atoms with Crippen LogP contribution in [-0.4, -0.2) is 23.6 Å². The monoisotopic (exact) mass is 265 g/mol. The molecule has 0 heterocycles. The van der Waals surface area contributed by atoms with Gasteiger partial charge in [-0.15, -0.1) is 0 Å². The number of benzene rings is 1. The minimum Gasteiger partial charge on any atom is -0.316 e. The highest BCUT2D eigenvalue weighted by Gasteiger charge is 2.15. The summed E-state index contributed by atoms with van der Waals surface area (Å²) in [5.74, 6) is 1.16. The lowest BCUT2D eigenvalue weighted by Gasteiger charge is -2.23. The smallest absolute Gasteiger partial charge is 0.0195 e. The summed E-state index contributed by atoms with van der Waals surface area (Å²) >= 11 is 2.03. The van der Waals surface area contributed by atoms with Crippen molar-refractivity contribution in [2.75, 3.05) is 12.8 Å². The Bertz CT molecular complexity index is 359. The van der Waals surface area contributed by atoms with Crippen molar-refractivity contribution in [1.82, 2.24) is 5.32 Å². The number of rotatable bonds is 5. The summed E-state index contributed by atoms with van der Waals surface area (Å²) in [5, 5.41) is 3.44. The third-order valence-corrected chi connectivity index (χ3v) is 4.32. The van der Waals surface area contributed by atoms with Crippen LogP contribution in [0, 0.1) is 13.8 Å². The van der Waals surface area contributed by atoms with Gasteiger partial charge in [0.25, 0.3) is 0 Å². The molecular formula is C16H27NS. The van der Waals surface area contributed by atoms with E-state index in [0.717, 1.165) is 12.2 Å². The summed E-state index contributed by atoms with van der Waals surface area (Å²) in [6, 6.07) is 7.40. The van der Waals surface area contributed by atoms with Crippen molar-refractivity contribution in [3.05, 3.63) is 34.9 Å². The van der Waals surface area contributed by atoms with Crippen LogP contribution in [-0.2, 0) is 6.42 Å². The molecule has 0 radical (unpaired) electrons. The van der Waals surface area contributed by atoms with E-state index < -0.39 is 0 Å². The first-order chi connectivity index (χ1) is 8.30. The predicted molar refractivity (Wildman–Crippen MR) is 84.7 cm³/mol. The van der Waals surface area contributed by atoms with Gasteiger partial charge in [-0.3, -0.25) is 0 Å². The van der Waals surface area contributed by atoms with Crippen molar-refractivity contribution in [2.45, 2.75) is 51.8 Å².